The third-order valence-electron chi connectivity index (χ3n) is 3.53. The Bertz CT molecular complexity index is 804. The molecule has 1 atom stereocenters. The number of hydrogen-bond acceptors (Lipinski definition) is 4. The molecule has 5 nitrogen and oxygen atoms in total. The van der Waals surface area contributed by atoms with Crippen LogP contribution in [0.4, 0.5) is 10.2 Å². The van der Waals surface area contributed by atoms with Crippen molar-refractivity contribution in [1.29, 1.82) is 0 Å². The van der Waals surface area contributed by atoms with E-state index in [1.54, 1.807) is 12.1 Å². The Kier molecular flexibility index (Phi) is 3.41. The van der Waals surface area contributed by atoms with E-state index < -0.39 is 15.7 Å². The molecule has 2 aromatic rings. The fraction of sp³-hybridized carbons (Fsp3) is 0.308. The third kappa shape index (κ3) is 2.75. The van der Waals surface area contributed by atoms with Gasteiger partial charge in [0.2, 0.25) is 0 Å². The summed E-state index contributed by atoms with van der Waals surface area (Å²) in [6.45, 7) is 0. The fourth-order valence-corrected chi connectivity index (χ4v) is 4.34. The van der Waals surface area contributed by atoms with Gasteiger partial charge in [-0.2, -0.15) is 5.10 Å². The molecular weight excluding hydrogens is 317 g/mol. The summed E-state index contributed by atoms with van der Waals surface area (Å²) in [5.41, 5.74) is 7.09. The van der Waals surface area contributed by atoms with E-state index in [0.29, 0.717) is 23.5 Å². The number of halogens is 2. The van der Waals surface area contributed by atoms with Gasteiger partial charge in [0.1, 0.15) is 11.6 Å². The lowest BCUT2D eigenvalue weighted by Crippen LogP contribution is -2.14. The summed E-state index contributed by atoms with van der Waals surface area (Å²) < 4.78 is 37.8. The number of aromatic nitrogens is 2. The van der Waals surface area contributed by atoms with Crippen molar-refractivity contribution in [3.63, 3.8) is 0 Å². The largest absolute Gasteiger partial charge is 0.384 e. The van der Waals surface area contributed by atoms with E-state index in [0.717, 1.165) is 0 Å². The monoisotopic (exact) mass is 329 g/mol. The van der Waals surface area contributed by atoms with Crippen LogP contribution in [0.25, 0.3) is 11.3 Å². The summed E-state index contributed by atoms with van der Waals surface area (Å²) in [6, 6.07) is 5.66. The van der Waals surface area contributed by atoms with Crippen LogP contribution in [0.3, 0.4) is 0 Å². The third-order valence-corrected chi connectivity index (χ3v) is 5.57. The van der Waals surface area contributed by atoms with E-state index in [1.165, 1.54) is 16.8 Å². The number of nitrogens with zero attached hydrogens (tertiary/aromatic N) is 2. The molecule has 1 aromatic heterocycles. The van der Waals surface area contributed by atoms with Gasteiger partial charge in [0, 0.05) is 11.6 Å². The molecule has 112 valence electrons. The van der Waals surface area contributed by atoms with Crippen molar-refractivity contribution in [2.24, 2.45) is 0 Å². The number of anilines is 1. The standard InChI is InChI=1S/C13H13ClFN3O2S/c14-10-5-8(1-2-11(10)15)12-6-13(16)18(17-12)9-3-4-21(19,20)7-9/h1-2,5-6,9H,3-4,7,16H2. The molecule has 2 heterocycles. The van der Waals surface area contributed by atoms with E-state index in [9.17, 15) is 12.8 Å². The molecular formula is C13H13ClFN3O2S. The molecule has 1 aliphatic rings. The molecule has 1 fully saturated rings. The minimum Gasteiger partial charge on any atom is -0.384 e. The highest BCUT2D eigenvalue weighted by atomic mass is 35.5. The van der Waals surface area contributed by atoms with Gasteiger partial charge in [-0.15, -0.1) is 0 Å². The van der Waals surface area contributed by atoms with E-state index in [-0.39, 0.29) is 22.6 Å². The summed E-state index contributed by atoms with van der Waals surface area (Å²) in [5, 5.41) is 4.35. The van der Waals surface area contributed by atoms with Gasteiger partial charge in [0.05, 0.1) is 28.3 Å². The van der Waals surface area contributed by atoms with E-state index >= 15 is 0 Å². The molecule has 1 aromatic carbocycles. The first-order valence-electron chi connectivity index (χ1n) is 6.36. The highest BCUT2D eigenvalue weighted by Gasteiger charge is 2.31. The summed E-state index contributed by atoms with van der Waals surface area (Å²) in [7, 11) is -3.02. The molecule has 0 amide bonds. The minimum absolute atomic E-state index is 0.00376. The quantitative estimate of drug-likeness (QED) is 0.917. The molecule has 1 aliphatic heterocycles. The first-order valence-corrected chi connectivity index (χ1v) is 8.56. The SMILES string of the molecule is Nc1cc(-c2ccc(F)c(Cl)c2)nn1C1CCS(=O)(=O)C1. The van der Waals surface area contributed by atoms with E-state index in [1.807, 2.05) is 0 Å². The van der Waals surface area contributed by atoms with Gasteiger partial charge in [0.25, 0.3) is 0 Å². The normalized spacial score (nSPS) is 20.8. The molecule has 0 bridgehead atoms. The van der Waals surface area contributed by atoms with Crippen molar-refractivity contribution >= 4 is 27.3 Å². The van der Waals surface area contributed by atoms with Gasteiger partial charge in [-0.05, 0) is 24.6 Å². The Morgan fingerprint density at radius 3 is 2.76 bits per heavy atom. The van der Waals surface area contributed by atoms with E-state index in [4.69, 9.17) is 17.3 Å². The predicted octanol–water partition coefficient (Wildman–Crippen LogP) is 2.28. The highest BCUT2D eigenvalue weighted by molar-refractivity contribution is 7.91. The van der Waals surface area contributed by atoms with Crippen LogP contribution in [-0.4, -0.2) is 29.7 Å². The number of nitrogens with two attached hydrogens (primary N) is 1. The van der Waals surface area contributed by atoms with Crippen LogP contribution in [0, 0.1) is 5.82 Å². The van der Waals surface area contributed by atoms with Crippen molar-refractivity contribution in [2.45, 2.75) is 12.5 Å². The lowest BCUT2D eigenvalue weighted by atomic mass is 10.1. The average molecular weight is 330 g/mol. The van der Waals surface area contributed by atoms with E-state index in [2.05, 4.69) is 5.10 Å². The number of benzene rings is 1. The first kappa shape index (κ1) is 14.3. The maximum Gasteiger partial charge on any atom is 0.152 e. The number of hydrogen-bond donors (Lipinski definition) is 1. The molecule has 1 saturated heterocycles. The van der Waals surface area contributed by atoms with Crippen molar-refractivity contribution in [1.82, 2.24) is 9.78 Å². The maximum atomic E-state index is 13.2. The Morgan fingerprint density at radius 2 is 2.14 bits per heavy atom. The van der Waals surface area contributed by atoms with Crippen LogP contribution in [0.15, 0.2) is 24.3 Å². The molecule has 1 unspecified atom stereocenters. The fourth-order valence-electron chi connectivity index (χ4n) is 2.47. The van der Waals surface area contributed by atoms with Crippen molar-refractivity contribution in [3.8, 4) is 11.3 Å². The molecule has 8 heteroatoms. The summed E-state index contributed by atoms with van der Waals surface area (Å²) in [5.74, 6) is 0.0687. The highest BCUT2D eigenvalue weighted by Crippen LogP contribution is 2.30. The second-order valence-electron chi connectivity index (χ2n) is 5.08. The second kappa shape index (κ2) is 4.99. The molecule has 0 radical (unpaired) electrons. The molecule has 0 spiro atoms. The summed E-state index contributed by atoms with van der Waals surface area (Å²) >= 11 is 5.75. The number of rotatable bonds is 2. The lowest BCUT2D eigenvalue weighted by molar-refractivity contribution is 0.508. The molecule has 0 aliphatic carbocycles. The van der Waals surface area contributed by atoms with Crippen LogP contribution in [0.5, 0.6) is 0 Å². The average Bonchev–Trinajstić information content (AvgIpc) is 2.95. The Balaban J connectivity index is 1.96. The number of sulfone groups is 1. The zero-order valence-corrected chi connectivity index (χ0v) is 12.5. The van der Waals surface area contributed by atoms with Crippen molar-refractivity contribution < 1.29 is 12.8 Å². The van der Waals surface area contributed by atoms with Crippen molar-refractivity contribution in [2.75, 3.05) is 17.2 Å². The van der Waals surface area contributed by atoms with Crippen LogP contribution in [0.2, 0.25) is 5.02 Å². The molecule has 21 heavy (non-hydrogen) atoms. The lowest BCUT2D eigenvalue weighted by Gasteiger charge is -2.10. The molecule has 0 saturated carbocycles. The summed E-state index contributed by atoms with van der Waals surface area (Å²) in [4.78, 5) is 0. The molecule has 2 N–H and O–H groups in total. The zero-order valence-electron chi connectivity index (χ0n) is 11.0. The van der Waals surface area contributed by atoms with Crippen molar-refractivity contribution in [3.05, 3.63) is 35.1 Å². The van der Waals surface area contributed by atoms with Gasteiger partial charge >= 0.3 is 0 Å². The van der Waals surface area contributed by atoms with Crippen LogP contribution in [-0.2, 0) is 9.84 Å². The van der Waals surface area contributed by atoms with Crippen LogP contribution < -0.4 is 5.73 Å². The Morgan fingerprint density at radius 1 is 1.38 bits per heavy atom. The zero-order chi connectivity index (χ0) is 15.2. The maximum absolute atomic E-state index is 13.2. The number of nitrogen functional groups attached to an aromatic ring is 1. The summed E-state index contributed by atoms with van der Waals surface area (Å²) in [6.07, 6.45) is 0.498. The first-order chi connectivity index (χ1) is 9.85. The Labute approximate surface area is 126 Å². The van der Waals surface area contributed by atoms with Gasteiger partial charge < -0.3 is 5.73 Å². The molecule has 3 rings (SSSR count). The second-order valence-corrected chi connectivity index (χ2v) is 7.72. The minimum atomic E-state index is -3.02. The van der Waals surface area contributed by atoms with Gasteiger partial charge in [-0.3, -0.25) is 0 Å². The smallest absolute Gasteiger partial charge is 0.152 e. The van der Waals surface area contributed by atoms with Gasteiger partial charge in [-0.1, -0.05) is 11.6 Å². The van der Waals surface area contributed by atoms with Crippen LogP contribution in [0.1, 0.15) is 12.5 Å². The van der Waals surface area contributed by atoms with Crippen LogP contribution >= 0.6 is 11.6 Å². The van der Waals surface area contributed by atoms with Gasteiger partial charge in [-0.25, -0.2) is 17.5 Å². The predicted molar refractivity (Wildman–Crippen MR) is 79.4 cm³/mol. The van der Waals surface area contributed by atoms with Gasteiger partial charge in [0.15, 0.2) is 9.84 Å². The Hall–Kier alpha value is -1.60. The topological polar surface area (TPSA) is 78.0 Å².